The summed E-state index contributed by atoms with van der Waals surface area (Å²) in [4.78, 5) is 10.8. The number of amides is 1. The predicted molar refractivity (Wildman–Crippen MR) is 34.5 cm³/mol. The molecule has 0 radical (unpaired) electrons. The van der Waals surface area contributed by atoms with Crippen molar-refractivity contribution in [3.05, 3.63) is 0 Å². The Morgan fingerprint density at radius 2 is 2.50 bits per heavy atom. The first-order chi connectivity index (χ1) is 3.72. The van der Waals surface area contributed by atoms with E-state index in [0.717, 1.165) is 13.0 Å². The first-order valence-electron chi connectivity index (χ1n) is 2.72. The molecule has 1 atom stereocenters. The molecule has 0 N–H and O–H groups in total. The SMILES string of the molecule is CC1CCN(S)C1=O. The highest BCUT2D eigenvalue weighted by Crippen LogP contribution is 2.17. The Hall–Kier alpha value is -0.180. The van der Waals surface area contributed by atoms with Crippen molar-refractivity contribution in [2.45, 2.75) is 13.3 Å². The van der Waals surface area contributed by atoms with Gasteiger partial charge in [-0.1, -0.05) is 19.7 Å². The fraction of sp³-hybridized carbons (Fsp3) is 0.800. The average Bonchev–Trinajstić information content (AvgIpc) is 1.98. The number of carbonyl (C=O) groups excluding carboxylic acids is 1. The zero-order valence-corrected chi connectivity index (χ0v) is 5.69. The van der Waals surface area contributed by atoms with E-state index in [1.54, 1.807) is 0 Å². The highest BCUT2D eigenvalue weighted by molar-refractivity contribution is 7.78. The van der Waals surface area contributed by atoms with Crippen molar-refractivity contribution in [1.29, 1.82) is 0 Å². The average molecular weight is 131 g/mol. The number of rotatable bonds is 0. The van der Waals surface area contributed by atoms with Crippen molar-refractivity contribution in [2.75, 3.05) is 6.54 Å². The van der Waals surface area contributed by atoms with Crippen LogP contribution in [0.5, 0.6) is 0 Å². The molecule has 1 saturated heterocycles. The lowest BCUT2D eigenvalue weighted by Gasteiger charge is -2.03. The van der Waals surface area contributed by atoms with Gasteiger partial charge in [-0.3, -0.25) is 9.10 Å². The molecule has 1 fully saturated rings. The van der Waals surface area contributed by atoms with Gasteiger partial charge in [0.25, 0.3) is 0 Å². The van der Waals surface area contributed by atoms with Crippen molar-refractivity contribution >= 4 is 18.7 Å². The van der Waals surface area contributed by atoms with Gasteiger partial charge in [0.05, 0.1) is 0 Å². The highest BCUT2D eigenvalue weighted by atomic mass is 32.1. The van der Waals surface area contributed by atoms with Crippen LogP contribution in [-0.2, 0) is 4.79 Å². The van der Waals surface area contributed by atoms with E-state index in [1.807, 2.05) is 6.92 Å². The van der Waals surface area contributed by atoms with E-state index in [-0.39, 0.29) is 11.8 Å². The van der Waals surface area contributed by atoms with Gasteiger partial charge in [0.1, 0.15) is 0 Å². The second-order valence-corrected chi connectivity index (χ2v) is 2.63. The second kappa shape index (κ2) is 1.97. The van der Waals surface area contributed by atoms with E-state index in [4.69, 9.17) is 0 Å². The van der Waals surface area contributed by atoms with Crippen LogP contribution in [-0.4, -0.2) is 16.8 Å². The molecular formula is C5H9NOS. The third kappa shape index (κ3) is 0.823. The van der Waals surface area contributed by atoms with Crippen LogP contribution in [0.1, 0.15) is 13.3 Å². The Balaban J connectivity index is 2.57. The molecule has 0 spiro atoms. The molecule has 1 rings (SSSR count). The minimum absolute atomic E-state index is 0.160. The summed E-state index contributed by atoms with van der Waals surface area (Å²) in [6, 6.07) is 0. The van der Waals surface area contributed by atoms with Crippen LogP contribution >= 0.6 is 12.8 Å². The Labute approximate surface area is 54.4 Å². The summed E-state index contributed by atoms with van der Waals surface area (Å²) in [5.74, 6) is 0.362. The fourth-order valence-electron chi connectivity index (χ4n) is 0.804. The zero-order chi connectivity index (χ0) is 6.15. The maximum Gasteiger partial charge on any atom is 0.235 e. The Bertz CT molecular complexity index is 103. The summed E-state index contributed by atoms with van der Waals surface area (Å²) in [6.07, 6.45) is 0.961. The van der Waals surface area contributed by atoms with Gasteiger partial charge in [-0.2, -0.15) is 0 Å². The molecule has 0 bridgehead atoms. The standard InChI is InChI=1S/C5H9NOS/c1-4-2-3-6(8)5(4)7/h4,8H,2-3H2,1H3. The summed E-state index contributed by atoms with van der Waals surface area (Å²) in [5, 5.41) is 0. The van der Waals surface area contributed by atoms with E-state index in [1.165, 1.54) is 4.31 Å². The summed E-state index contributed by atoms with van der Waals surface area (Å²) in [6.45, 7) is 2.74. The van der Waals surface area contributed by atoms with E-state index >= 15 is 0 Å². The van der Waals surface area contributed by atoms with Crippen molar-refractivity contribution in [3.8, 4) is 0 Å². The van der Waals surface area contributed by atoms with Crippen LogP contribution in [0, 0.1) is 5.92 Å². The van der Waals surface area contributed by atoms with Crippen molar-refractivity contribution in [3.63, 3.8) is 0 Å². The van der Waals surface area contributed by atoms with Gasteiger partial charge in [-0.15, -0.1) is 0 Å². The third-order valence-corrected chi connectivity index (χ3v) is 1.85. The van der Waals surface area contributed by atoms with Gasteiger partial charge in [0, 0.05) is 12.5 Å². The van der Waals surface area contributed by atoms with Crippen LogP contribution in [0.15, 0.2) is 0 Å². The lowest BCUT2D eigenvalue weighted by Crippen LogP contribution is -2.15. The molecule has 1 amide bonds. The van der Waals surface area contributed by atoms with E-state index in [0.29, 0.717) is 0 Å². The molecule has 1 aliphatic heterocycles. The molecule has 8 heavy (non-hydrogen) atoms. The topological polar surface area (TPSA) is 20.3 Å². The van der Waals surface area contributed by atoms with Gasteiger partial charge in [0.15, 0.2) is 0 Å². The molecule has 0 aliphatic carbocycles. The maximum atomic E-state index is 10.8. The third-order valence-electron chi connectivity index (χ3n) is 1.45. The van der Waals surface area contributed by atoms with Gasteiger partial charge >= 0.3 is 0 Å². The molecule has 0 aromatic rings. The predicted octanol–water partition coefficient (Wildman–Crippen LogP) is 0.700. The minimum atomic E-state index is 0.160. The molecule has 1 unspecified atom stereocenters. The quantitative estimate of drug-likeness (QED) is 0.480. The first-order valence-corrected chi connectivity index (χ1v) is 3.12. The minimum Gasteiger partial charge on any atom is -0.289 e. The number of hydrogen-bond acceptors (Lipinski definition) is 2. The van der Waals surface area contributed by atoms with Gasteiger partial charge in [0.2, 0.25) is 5.91 Å². The van der Waals surface area contributed by atoms with Crippen LogP contribution in [0.25, 0.3) is 0 Å². The normalized spacial score (nSPS) is 29.5. The second-order valence-electron chi connectivity index (χ2n) is 2.15. The number of nitrogens with zero attached hydrogens (tertiary/aromatic N) is 1. The molecule has 0 aromatic heterocycles. The molecular weight excluding hydrogens is 122 g/mol. The van der Waals surface area contributed by atoms with Gasteiger partial charge in [-0.05, 0) is 6.42 Å². The van der Waals surface area contributed by atoms with Crippen molar-refractivity contribution in [1.82, 2.24) is 4.31 Å². The molecule has 1 aliphatic rings. The summed E-state index contributed by atoms with van der Waals surface area (Å²) < 4.78 is 1.48. The van der Waals surface area contributed by atoms with Crippen LogP contribution in [0.3, 0.4) is 0 Å². The summed E-state index contributed by atoms with van der Waals surface area (Å²) in [5.41, 5.74) is 0. The molecule has 0 aromatic carbocycles. The molecule has 46 valence electrons. The molecule has 0 saturated carbocycles. The Morgan fingerprint density at radius 3 is 2.62 bits per heavy atom. The van der Waals surface area contributed by atoms with E-state index in [2.05, 4.69) is 12.8 Å². The van der Waals surface area contributed by atoms with Crippen LogP contribution < -0.4 is 0 Å². The lowest BCUT2D eigenvalue weighted by atomic mass is 10.1. The Morgan fingerprint density at radius 1 is 1.88 bits per heavy atom. The number of hydrogen-bond donors (Lipinski definition) is 1. The highest BCUT2D eigenvalue weighted by Gasteiger charge is 2.24. The van der Waals surface area contributed by atoms with Crippen LogP contribution in [0.2, 0.25) is 0 Å². The molecule has 3 heteroatoms. The molecule has 1 heterocycles. The largest absolute Gasteiger partial charge is 0.289 e. The van der Waals surface area contributed by atoms with Gasteiger partial charge in [-0.25, -0.2) is 0 Å². The smallest absolute Gasteiger partial charge is 0.235 e. The van der Waals surface area contributed by atoms with Crippen molar-refractivity contribution in [2.24, 2.45) is 5.92 Å². The summed E-state index contributed by atoms with van der Waals surface area (Å²) in [7, 11) is 0. The fourth-order valence-corrected chi connectivity index (χ4v) is 1.12. The van der Waals surface area contributed by atoms with Crippen LogP contribution in [0.4, 0.5) is 0 Å². The van der Waals surface area contributed by atoms with Crippen molar-refractivity contribution < 1.29 is 4.79 Å². The van der Waals surface area contributed by atoms with Gasteiger partial charge < -0.3 is 0 Å². The number of thiol groups is 1. The molecule has 2 nitrogen and oxygen atoms in total. The summed E-state index contributed by atoms with van der Waals surface area (Å²) >= 11 is 3.93. The lowest BCUT2D eigenvalue weighted by molar-refractivity contribution is -0.126. The number of carbonyl (C=O) groups is 1. The van der Waals surface area contributed by atoms with E-state index in [9.17, 15) is 4.79 Å². The monoisotopic (exact) mass is 131 g/mol. The van der Waals surface area contributed by atoms with E-state index < -0.39 is 0 Å². The first kappa shape index (κ1) is 5.95. The Kier molecular flexibility index (Phi) is 1.47. The zero-order valence-electron chi connectivity index (χ0n) is 4.79. The maximum absolute atomic E-state index is 10.8.